The van der Waals surface area contributed by atoms with Crippen LogP contribution in [0, 0.1) is 11.8 Å². The minimum absolute atomic E-state index is 0.350. The molecular formula is C19H25NO. The van der Waals surface area contributed by atoms with Gasteiger partial charge < -0.3 is 10.5 Å². The Bertz CT molecular complexity index is 622. The molecule has 1 aliphatic rings. The predicted molar refractivity (Wildman–Crippen MR) is 88.4 cm³/mol. The Kier molecular flexibility index (Phi) is 4.16. The van der Waals surface area contributed by atoms with Crippen molar-refractivity contribution < 1.29 is 4.74 Å². The highest BCUT2D eigenvalue weighted by Gasteiger charge is 2.26. The van der Waals surface area contributed by atoms with Crippen LogP contribution in [0.2, 0.25) is 0 Å². The lowest BCUT2D eigenvalue weighted by Crippen LogP contribution is -2.28. The fourth-order valence-electron chi connectivity index (χ4n) is 3.40. The highest BCUT2D eigenvalue weighted by molar-refractivity contribution is 5.91. The molecule has 21 heavy (non-hydrogen) atoms. The molecule has 2 heteroatoms. The second-order valence-electron chi connectivity index (χ2n) is 6.48. The molecule has 0 aliphatic heterocycles. The Labute approximate surface area is 127 Å². The summed E-state index contributed by atoms with van der Waals surface area (Å²) in [5.74, 6) is 2.58. The molecule has 0 aromatic heterocycles. The molecule has 1 aliphatic carbocycles. The highest BCUT2D eigenvalue weighted by atomic mass is 16.5. The number of nitrogens with two attached hydrogens (primary N) is 1. The van der Waals surface area contributed by atoms with Crippen LogP contribution in [0.1, 0.15) is 38.7 Å². The molecule has 0 spiro atoms. The average molecular weight is 283 g/mol. The topological polar surface area (TPSA) is 35.2 Å². The number of ether oxygens (including phenoxy) is 1. The van der Waals surface area contributed by atoms with Crippen molar-refractivity contribution in [3.05, 3.63) is 42.0 Å². The second kappa shape index (κ2) is 6.07. The molecule has 2 N–H and O–H groups in total. The van der Waals surface area contributed by atoms with Gasteiger partial charge in [0.05, 0.1) is 6.10 Å². The van der Waals surface area contributed by atoms with E-state index in [-0.39, 0.29) is 0 Å². The lowest BCUT2D eigenvalue weighted by Gasteiger charge is -2.32. The van der Waals surface area contributed by atoms with E-state index in [0.717, 1.165) is 24.0 Å². The van der Waals surface area contributed by atoms with Crippen molar-refractivity contribution in [2.75, 3.05) is 0 Å². The zero-order valence-corrected chi connectivity index (χ0v) is 13.0. The number of benzene rings is 2. The van der Waals surface area contributed by atoms with Crippen molar-refractivity contribution in [2.24, 2.45) is 17.6 Å². The summed E-state index contributed by atoms with van der Waals surface area (Å²) in [7, 11) is 0. The van der Waals surface area contributed by atoms with E-state index in [9.17, 15) is 0 Å². The summed E-state index contributed by atoms with van der Waals surface area (Å²) in [5, 5.41) is 2.40. The van der Waals surface area contributed by atoms with E-state index in [0.29, 0.717) is 12.6 Å². The first-order chi connectivity index (χ1) is 10.2. The smallest absolute Gasteiger partial charge is 0.127 e. The Morgan fingerprint density at radius 2 is 1.76 bits per heavy atom. The Hall–Kier alpha value is -1.54. The maximum atomic E-state index is 6.35. The van der Waals surface area contributed by atoms with Gasteiger partial charge in [-0.1, -0.05) is 44.2 Å². The van der Waals surface area contributed by atoms with Gasteiger partial charge in [0.2, 0.25) is 0 Å². The van der Waals surface area contributed by atoms with E-state index in [2.05, 4.69) is 50.2 Å². The highest BCUT2D eigenvalue weighted by Crippen LogP contribution is 2.34. The van der Waals surface area contributed by atoms with Gasteiger partial charge in [-0.2, -0.15) is 0 Å². The van der Waals surface area contributed by atoms with Crippen LogP contribution in [0.4, 0.5) is 0 Å². The number of hydrogen-bond donors (Lipinski definition) is 1. The van der Waals surface area contributed by atoms with E-state index in [1.165, 1.54) is 29.2 Å². The minimum atomic E-state index is 0.350. The fraction of sp³-hybridized carbons (Fsp3) is 0.474. The number of hydrogen-bond acceptors (Lipinski definition) is 2. The summed E-state index contributed by atoms with van der Waals surface area (Å²) in [4.78, 5) is 0. The van der Waals surface area contributed by atoms with E-state index in [4.69, 9.17) is 10.5 Å². The third kappa shape index (κ3) is 2.91. The first kappa shape index (κ1) is 14.4. The normalized spacial score (nSPS) is 26.0. The molecule has 2 nitrogen and oxygen atoms in total. The summed E-state index contributed by atoms with van der Waals surface area (Å²) in [6.45, 7) is 5.26. The van der Waals surface area contributed by atoms with Crippen LogP contribution < -0.4 is 10.5 Å². The van der Waals surface area contributed by atoms with Crippen molar-refractivity contribution >= 4 is 10.8 Å². The Morgan fingerprint density at radius 3 is 2.48 bits per heavy atom. The number of rotatable bonds is 3. The summed E-state index contributed by atoms with van der Waals surface area (Å²) < 4.78 is 6.35. The van der Waals surface area contributed by atoms with Gasteiger partial charge in [0.1, 0.15) is 5.75 Å². The quantitative estimate of drug-likeness (QED) is 0.900. The molecular weight excluding hydrogens is 258 g/mol. The van der Waals surface area contributed by atoms with Gasteiger partial charge in [-0.3, -0.25) is 0 Å². The monoisotopic (exact) mass is 283 g/mol. The molecule has 3 unspecified atom stereocenters. The van der Waals surface area contributed by atoms with Gasteiger partial charge in [-0.15, -0.1) is 0 Å². The van der Waals surface area contributed by atoms with Crippen LogP contribution >= 0.6 is 0 Å². The molecule has 3 atom stereocenters. The first-order valence-electron chi connectivity index (χ1n) is 8.06. The summed E-state index contributed by atoms with van der Waals surface area (Å²) in [5.41, 5.74) is 7.03. The molecule has 112 valence electrons. The summed E-state index contributed by atoms with van der Waals surface area (Å²) in [6, 6.07) is 12.6. The molecule has 0 saturated heterocycles. The lowest BCUT2D eigenvalue weighted by molar-refractivity contribution is 0.102. The zero-order chi connectivity index (χ0) is 14.8. The van der Waals surface area contributed by atoms with E-state index < -0.39 is 0 Å². The molecule has 1 saturated carbocycles. The standard InChI is InChI=1S/C19H25NO/c1-13-7-9-16(11-14(13)2)21-19-10-8-15(12-20)17-5-3-4-6-18(17)19/h3-6,8,10,13-14,16H,7,9,11-12,20H2,1-2H3. The number of fused-ring (bicyclic) bond motifs is 1. The van der Waals surface area contributed by atoms with Gasteiger partial charge >= 0.3 is 0 Å². The third-order valence-corrected chi connectivity index (χ3v) is 5.04. The maximum absolute atomic E-state index is 6.35. The second-order valence-corrected chi connectivity index (χ2v) is 6.48. The molecule has 0 heterocycles. The van der Waals surface area contributed by atoms with Crippen molar-refractivity contribution in [1.82, 2.24) is 0 Å². The van der Waals surface area contributed by atoms with Crippen molar-refractivity contribution in [2.45, 2.75) is 45.8 Å². The van der Waals surface area contributed by atoms with Gasteiger partial charge in [-0.05, 0) is 48.1 Å². The molecule has 2 aromatic rings. The van der Waals surface area contributed by atoms with Crippen molar-refractivity contribution in [3.63, 3.8) is 0 Å². The van der Waals surface area contributed by atoms with Gasteiger partial charge in [0.15, 0.2) is 0 Å². The van der Waals surface area contributed by atoms with Crippen LogP contribution in [-0.4, -0.2) is 6.10 Å². The van der Waals surface area contributed by atoms with Gasteiger partial charge in [0.25, 0.3) is 0 Å². The zero-order valence-electron chi connectivity index (χ0n) is 13.0. The molecule has 2 aromatic carbocycles. The van der Waals surface area contributed by atoms with Crippen molar-refractivity contribution in [3.8, 4) is 5.75 Å². The van der Waals surface area contributed by atoms with E-state index in [1.54, 1.807) is 0 Å². The third-order valence-electron chi connectivity index (χ3n) is 5.04. The molecule has 1 fully saturated rings. The maximum Gasteiger partial charge on any atom is 0.127 e. The Morgan fingerprint density at radius 1 is 1.00 bits per heavy atom. The molecule has 0 amide bonds. The van der Waals surface area contributed by atoms with Crippen LogP contribution in [0.25, 0.3) is 10.8 Å². The van der Waals surface area contributed by atoms with Gasteiger partial charge in [-0.25, -0.2) is 0 Å². The predicted octanol–water partition coefficient (Wildman–Crippen LogP) is 4.50. The summed E-state index contributed by atoms with van der Waals surface area (Å²) in [6.07, 6.45) is 3.94. The van der Waals surface area contributed by atoms with E-state index in [1.807, 2.05) is 0 Å². The fourth-order valence-corrected chi connectivity index (χ4v) is 3.40. The molecule has 3 rings (SSSR count). The first-order valence-corrected chi connectivity index (χ1v) is 8.06. The lowest BCUT2D eigenvalue weighted by atomic mass is 9.80. The minimum Gasteiger partial charge on any atom is -0.490 e. The summed E-state index contributed by atoms with van der Waals surface area (Å²) >= 11 is 0. The van der Waals surface area contributed by atoms with Crippen LogP contribution in [0.5, 0.6) is 5.75 Å². The van der Waals surface area contributed by atoms with E-state index >= 15 is 0 Å². The van der Waals surface area contributed by atoms with Crippen molar-refractivity contribution in [1.29, 1.82) is 0 Å². The molecule has 0 bridgehead atoms. The van der Waals surface area contributed by atoms with Crippen LogP contribution in [0.3, 0.4) is 0 Å². The average Bonchev–Trinajstić information content (AvgIpc) is 2.51. The largest absolute Gasteiger partial charge is 0.490 e. The van der Waals surface area contributed by atoms with Crippen LogP contribution in [-0.2, 0) is 6.54 Å². The van der Waals surface area contributed by atoms with Gasteiger partial charge in [0, 0.05) is 11.9 Å². The SMILES string of the molecule is CC1CCC(Oc2ccc(CN)c3ccccc23)CC1C. The molecule has 0 radical (unpaired) electrons. The Balaban J connectivity index is 1.88. The van der Waals surface area contributed by atoms with Crippen LogP contribution in [0.15, 0.2) is 36.4 Å².